The number of ether oxygens (including phenoxy) is 2. The molecule has 0 saturated carbocycles. The van der Waals surface area contributed by atoms with Crippen LogP contribution in [0.25, 0.3) is 10.3 Å². The van der Waals surface area contributed by atoms with Crippen molar-refractivity contribution in [2.24, 2.45) is 0 Å². The molecule has 1 atom stereocenters. The van der Waals surface area contributed by atoms with Crippen molar-refractivity contribution in [1.82, 2.24) is 9.97 Å². The summed E-state index contributed by atoms with van der Waals surface area (Å²) in [6, 6.07) is 0. The van der Waals surface area contributed by atoms with Gasteiger partial charge in [-0.25, -0.2) is 14.8 Å². The van der Waals surface area contributed by atoms with Crippen LogP contribution in [-0.2, 0) is 15.9 Å². The van der Waals surface area contributed by atoms with Crippen LogP contribution in [0.4, 0.5) is 0 Å². The Morgan fingerprint density at radius 2 is 2.20 bits per heavy atom. The maximum absolute atomic E-state index is 12.1. The molecular formula is C14H18N2O3S. The summed E-state index contributed by atoms with van der Waals surface area (Å²) in [5.74, 6) is -0.383. The van der Waals surface area contributed by atoms with Crippen LogP contribution in [0, 0.1) is 0 Å². The summed E-state index contributed by atoms with van der Waals surface area (Å²) >= 11 is 1.54. The van der Waals surface area contributed by atoms with E-state index < -0.39 is 0 Å². The average molecular weight is 294 g/mol. The van der Waals surface area contributed by atoms with Crippen molar-refractivity contribution in [3.05, 3.63) is 22.3 Å². The van der Waals surface area contributed by atoms with Gasteiger partial charge in [0, 0.05) is 18.9 Å². The molecule has 0 N–H and O–H groups in total. The van der Waals surface area contributed by atoms with Crippen molar-refractivity contribution in [3.8, 4) is 0 Å². The van der Waals surface area contributed by atoms with E-state index in [0.29, 0.717) is 12.2 Å². The maximum Gasteiger partial charge on any atom is 0.340 e. The molecule has 0 aromatic carbocycles. The molecule has 0 bridgehead atoms. The molecule has 2 aromatic rings. The van der Waals surface area contributed by atoms with E-state index in [1.165, 1.54) is 0 Å². The van der Waals surface area contributed by atoms with Crippen LogP contribution in [0.15, 0.2) is 6.20 Å². The number of carbonyl (C=O) groups excluding carboxylic acids is 1. The molecule has 2 rings (SSSR count). The number of aromatic nitrogens is 2. The lowest BCUT2D eigenvalue weighted by molar-refractivity contribution is 0.0515. The lowest BCUT2D eigenvalue weighted by atomic mass is 10.0. The molecule has 0 radical (unpaired) electrons. The first-order chi connectivity index (χ1) is 9.62. The topological polar surface area (TPSA) is 61.3 Å². The molecule has 20 heavy (non-hydrogen) atoms. The summed E-state index contributed by atoms with van der Waals surface area (Å²) in [7, 11) is 1.61. The number of carbonyl (C=O) groups is 1. The zero-order valence-corrected chi connectivity index (χ0v) is 12.9. The quantitative estimate of drug-likeness (QED) is 0.793. The van der Waals surface area contributed by atoms with Gasteiger partial charge in [0.05, 0.1) is 23.3 Å². The van der Waals surface area contributed by atoms with Crippen LogP contribution >= 0.6 is 11.3 Å². The predicted molar refractivity (Wildman–Crippen MR) is 78.2 cm³/mol. The van der Waals surface area contributed by atoms with Crippen molar-refractivity contribution in [2.75, 3.05) is 13.7 Å². The van der Waals surface area contributed by atoms with E-state index in [0.717, 1.165) is 27.3 Å². The first kappa shape index (κ1) is 14.9. The second-order valence-electron chi connectivity index (χ2n) is 4.30. The van der Waals surface area contributed by atoms with Crippen LogP contribution in [0.3, 0.4) is 0 Å². The third-order valence-corrected chi connectivity index (χ3v) is 4.18. The summed E-state index contributed by atoms with van der Waals surface area (Å²) in [5.41, 5.74) is 1.93. The Hall–Kier alpha value is -1.53. The highest BCUT2D eigenvalue weighted by Crippen LogP contribution is 2.31. The molecule has 2 heterocycles. The molecule has 0 spiro atoms. The van der Waals surface area contributed by atoms with Crippen LogP contribution in [-0.4, -0.2) is 29.7 Å². The van der Waals surface area contributed by atoms with Crippen molar-refractivity contribution in [2.45, 2.75) is 33.3 Å². The number of nitrogens with zero attached hydrogens (tertiary/aromatic N) is 2. The van der Waals surface area contributed by atoms with Gasteiger partial charge in [0.2, 0.25) is 0 Å². The second-order valence-corrected chi connectivity index (χ2v) is 5.36. The molecular weight excluding hydrogens is 276 g/mol. The van der Waals surface area contributed by atoms with E-state index in [1.807, 2.05) is 13.8 Å². The minimum absolute atomic E-state index is 0.244. The lowest BCUT2D eigenvalue weighted by Crippen LogP contribution is -2.12. The van der Waals surface area contributed by atoms with E-state index in [1.54, 1.807) is 31.6 Å². The molecule has 5 nitrogen and oxygen atoms in total. The zero-order chi connectivity index (χ0) is 14.7. The highest BCUT2D eigenvalue weighted by atomic mass is 32.1. The summed E-state index contributed by atoms with van der Waals surface area (Å²) in [5, 5.41) is 0.998. The van der Waals surface area contributed by atoms with Gasteiger partial charge >= 0.3 is 5.97 Å². The molecule has 2 aromatic heterocycles. The van der Waals surface area contributed by atoms with Gasteiger partial charge in [-0.2, -0.15) is 0 Å². The Balaban J connectivity index is 2.65. The molecule has 0 amide bonds. The van der Waals surface area contributed by atoms with Gasteiger partial charge in [0.25, 0.3) is 0 Å². The maximum atomic E-state index is 12.1. The van der Waals surface area contributed by atoms with Gasteiger partial charge in [-0.05, 0) is 20.3 Å². The van der Waals surface area contributed by atoms with Gasteiger partial charge in [-0.1, -0.05) is 18.3 Å². The summed E-state index contributed by atoms with van der Waals surface area (Å²) in [6.45, 7) is 6.04. The zero-order valence-electron chi connectivity index (χ0n) is 12.1. The molecule has 0 saturated heterocycles. The summed E-state index contributed by atoms with van der Waals surface area (Å²) in [6.07, 6.45) is 2.16. The highest BCUT2D eigenvalue weighted by molar-refractivity contribution is 7.18. The first-order valence-electron chi connectivity index (χ1n) is 6.60. The monoisotopic (exact) mass is 294 g/mol. The summed E-state index contributed by atoms with van der Waals surface area (Å²) in [4.78, 5) is 21.8. The number of pyridine rings is 1. The van der Waals surface area contributed by atoms with Crippen molar-refractivity contribution >= 4 is 27.7 Å². The molecule has 0 aliphatic carbocycles. The molecule has 1 unspecified atom stereocenters. The van der Waals surface area contributed by atoms with Gasteiger partial charge in [0.15, 0.2) is 0 Å². The van der Waals surface area contributed by atoms with Crippen LogP contribution in [0.5, 0.6) is 0 Å². The minimum Gasteiger partial charge on any atom is -0.462 e. The smallest absolute Gasteiger partial charge is 0.340 e. The Bertz CT molecular complexity index is 624. The van der Waals surface area contributed by atoms with Crippen molar-refractivity contribution < 1.29 is 14.3 Å². The number of esters is 1. The van der Waals surface area contributed by atoms with Gasteiger partial charge in [-0.15, -0.1) is 0 Å². The van der Waals surface area contributed by atoms with Gasteiger partial charge < -0.3 is 9.47 Å². The number of thiazole rings is 1. The normalized spacial score (nSPS) is 12.6. The molecule has 6 heteroatoms. The van der Waals surface area contributed by atoms with Gasteiger partial charge in [0.1, 0.15) is 10.3 Å². The third-order valence-electron chi connectivity index (χ3n) is 3.07. The second kappa shape index (κ2) is 6.28. The largest absolute Gasteiger partial charge is 0.462 e. The van der Waals surface area contributed by atoms with Gasteiger partial charge in [-0.3, -0.25) is 0 Å². The van der Waals surface area contributed by atoms with Crippen LogP contribution < -0.4 is 0 Å². The Kier molecular flexibility index (Phi) is 4.67. The minimum atomic E-state index is -0.383. The number of methoxy groups -OCH3 is 1. The Morgan fingerprint density at radius 1 is 1.45 bits per heavy atom. The highest BCUT2D eigenvalue weighted by Gasteiger charge is 2.23. The third kappa shape index (κ3) is 2.66. The molecule has 108 valence electrons. The number of rotatable bonds is 5. The van der Waals surface area contributed by atoms with Crippen LogP contribution in [0.1, 0.15) is 47.8 Å². The van der Waals surface area contributed by atoms with Crippen molar-refractivity contribution in [1.29, 1.82) is 0 Å². The average Bonchev–Trinajstić information content (AvgIpc) is 2.88. The van der Waals surface area contributed by atoms with Crippen molar-refractivity contribution in [3.63, 3.8) is 0 Å². The van der Waals surface area contributed by atoms with Crippen LogP contribution in [0.2, 0.25) is 0 Å². The molecule has 0 fully saturated rings. The standard InChI is InChI=1S/C14H18N2O3S/c1-5-10-16-12-11(8(3)18-4)9(14(17)19-6-2)7-15-13(12)20-10/h7-8H,5-6H2,1-4H3. The van der Waals surface area contributed by atoms with E-state index >= 15 is 0 Å². The van der Waals surface area contributed by atoms with E-state index in [-0.39, 0.29) is 12.1 Å². The lowest BCUT2D eigenvalue weighted by Gasteiger charge is -2.14. The number of aryl methyl sites for hydroxylation is 1. The predicted octanol–water partition coefficient (Wildman–Crippen LogP) is 3.14. The molecule has 0 aliphatic heterocycles. The fourth-order valence-corrected chi connectivity index (χ4v) is 2.85. The Labute approximate surface area is 122 Å². The number of hydrogen-bond donors (Lipinski definition) is 0. The SMILES string of the molecule is CCOC(=O)c1cnc2sc(CC)nc2c1C(C)OC. The Morgan fingerprint density at radius 3 is 2.80 bits per heavy atom. The number of hydrogen-bond acceptors (Lipinski definition) is 6. The number of fused-ring (bicyclic) bond motifs is 1. The fourth-order valence-electron chi connectivity index (χ4n) is 1.99. The summed E-state index contributed by atoms with van der Waals surface area (Å²) < 4.78 is 10.5. The van der Waals surface area contributed by atoms with E-state index in [4.69, 9.17) is 9.47 Å². The van der Waals surface area contributed by atoms with E-state index in [2.05, 4.69) is 9.97 Å². The first-order valence-corrected chi connectivity index (χ1v) is 7.42. The molecule has 0 aliphatic rings. The fraction of sp³-hybridized carbons (Fsp3) is 0.500. The van der Waals surface area contributed by atoms with E-state index in [9.17, 15) is 4.79 Å².